The van der Waals surface area contributed by atoms with E-state index in [2.05, 4.69) is 16.3 Å². The van der Waals surface area contributed by atoms with Crippen LogP contribution in [0.1, 0.15) is 24.8 Å². The summed E-state index contributed by atoms with van der Waals surface area (Å²) in [6, 6.07) is 13.6. The first-order valence-electron chi connectivity index (χ1n) is 9.84. The van der Waals surface area contributed by atoms with Crippen molar-refractivity contribution < 1.29 is 14.3 Å². The molecule has 1 amide bonds. The minimum Gasteiger partial charge on any atom is -0.493 e. The number of rotatable bonds is 8. The number of amides is 1. The first kappa shape index (κ1) is 20.0. The van der Waals surface area contributed by atoms with E-state index in [9.17, 15) is 4.79 Å². The van der Waals surface area contributed by atoms with Gasteiger partial charge in [-0.2, -0.15) is 0 Å². The number of hydrogen-bond acceptors (Lipinski definition) is 5. The molecule has 0 atom stereocenters. The largest absolute Gasteiger partial charge is 0.493 e. The molecule has 2 aromatic rings. The number of nitrogens with one attached hydrogen (secondary N) is 1. The van der Waals surface area contributed by atoms with E-state index in [1.165, 1.54) is 24.9 Å². The van der Waals surface area contributed by atoms with Crippen LogP contribution in [0.2, 0.25) is 0 Å². The van der Waals surface area contributed by atoms with Gasteiger partial charge in [0.05, 0.1) is 13.5 Å². The molecule has 0 saturated carbocycles. The van der Waals surface area contributed by atoms with E-state index < -0.39 is 0 Å². The molecule has 1 heterocycles. The first-order valence-corrected chi connectivity index (χ1v) is 9.84. The molecular weight excluding hydrogens is 354 g/mol. The molecule has 2 aromatic carbocycles. The summed E-state index contributed by atoms with van der Waals surface area (Å²) in [6.07, 6.45) is 4.01. The third-order valence-electron chi connectivity index (χ3n) is 4.82. The average molecular weight is 383 g/mol. The number of carbonyl (C=O) groups is 1. The highest BCUT2D eigenvalue weighted by molar-refractivity contribution is 5.92. The van der Waals surface area contributed by atoms with Gasteiger partial charge in [0, 0.05) is 31.0 Å². The van der Waals surface area contributed by atoms with Crippen molar-refractivity contribution >= 4 is 17.3 Å². The van der Waals surface area contributed by atoms with E-state index in [1.807, 2.05) is 36.4 Å². The van der Waals surface area contributed by atoms with Crippen LogP contribution in [0.15, 0.2) is 42.5 Å². The Balaban J connectivity index is 1.62. The van der Waals surface area contributed by atoms with Crippen molar-refractivity contribution in [3.05, 3.63) is 48.0 Å². The van der Waals surface area contributed by atoms with Crippen molar-refractivity contribution in [2.45, 2.75) is 25.7 Å². The number of ether oxygens (including phenoxy) is 2. The predicted octanol–water partition coefficient (Wildman–Crippen LogP) is 3.20. The maximum Gasteiger partial charge on any atom is 0.228 e. The van der Waals surface area contributed by atoms with Gasteiger partial charge in [0.2, 0.25) is 5.91 Å². The monoisotopic (exact) mass is 383 g/mol. The van der Waals surface area contributed by atoms with Crippen LogP contribution in [0.5, 0.6) is 11.5 Å². The Morgan fingerprint density at radius 1 is 1.11 bits per heavy atom. The number of piperidine rings is 1. The summed E-state index contributed by atoms with van der Waals surface area (Å²) >= 11 is 0. The van der Waals surface area contributed by atoms with Gasteiger partial charge >= 0.3 is 0 Å². The average Bonchev–Trinajstić information content (AvgIpc) is 2.73. The summed E-state index contributed by atoms with van der Waals surface area (Å²) in [5.41, 5.74) is 8.33. The van der Waals surface area contributed by atoms with Crippen LogP contribution in [0.4, 0.5) is 11.4 Å². The van der Waals surface area contributed by atoms with Gasteiger partial charge in [-0.05, 0) is 55.2 Å². The van der Waals surface area contributed by atoms with Crippen molar-refractivity contribution in [2.75, 3.05) is 43.6 Å². The molecule has 6 heteroatoms. The molecule has 0 aliphatic carbocycles. The van der Waals surface area contributed by atoms with Gasteiger partial charge in [0.15, 0.2) is 11.5 Å². The highest BCUT2D eigenvalue weighted by Gasteiger charge is 2.13. The standard InChI is InChI=1S/C22H29N3O3/c1-27-21-14-17(8-9-20(21)28-13-10-23)15-22(26)24-18-6-5-7-19(16-18)25-11-3-2-4-12-25/h5-9,14,16H,2-4,10-13,15,23H2,1H3,(H,24,26). The SMILES string of the molecule is COc1cc(CC(=O)Nc2cccc(N3CCCCC3)c2)ccc1OCCN. The Hall–Kier alpha value is -2.73. The molecule has 1 fully saturated rings. The Kier molecular flexibility index (Phi) is 7.14. The topological polar surface area (TPSA) is 76.8 Å². The second-order valence-corrected chi connectivity index (χ2v) is 6.95. The van der Waals surface area contributed by atoms with E-state index in [0.717, 1.165) is 24.3 Å². The van der Waals surface area contributed by atoms with Crippen molar-refractivity contribution in [2.24, 2.45) is 5.73 Å². The molecule has 3 N–H and O–H groups in total. The lowest BCUT2D eigenvalue weighted by Gasteiger charge is -2.29. The van der Waals surface area contributed by atoms with E-state index in [1.54, 1.807) is 7.11 Å². The molecule has 0 radical (unpaired) electrons. The zero-order valence-electron chi connectivity index (χ0n) is 16.4. The molecule has 3 rings (SSSR count). The smallest absolute Gasteiger partial charge is 0.228 e. The number of hydrogen-bond donors (Lipinski definition) is 2. The van der Waals surface area contributed by atoms with Crippen molar-refractivity contribution in [1.82, 2.24) is 0 Å². The van der Waals surface area contributed by atoms with Crippen LogP contribution >= 0.6 is 0 Å². The Morgan fingerprint density at radius 2 is 1.93 bits per heavy atom. The zero-order valence-corrected chi connectivity index (χ0v) is 16.4. The molecule has 0 bridgehead atoms. The molecule has 1 saturated heterocycles. The zero-order chi connectivity index (χ0) is 19.8. The maximum atomic E-state index is 12.5. The molecule has 1 aliphatic rings. The minimum atomic E-state index is -0.0616. The predicted molar refractivity (Wildman–Crippen MR) is 112 cm³/mol. The van der Waals surface area contributed by atoms with Crippen LogP contribution in [-0.2, 0) is 11.2 Å². The quantitative estimate of drug-likeness (QED) is 0.732. The molecular formula is C22H29N3O3. The summed E-state index contributed by atoms with van der Waals surface area (Å²) in [4.78, 5) is 14.9. The highest BCUT2D eigenvalue weighted by atomic mass is 16.5. The third kappa shape index (κ3) is 5.39. The maximum absolute atomic E-state index is 12.5. The van der Waals surface area contributed by atoms with Crippen molar-refractivity contribution in [1.29, 1.82) is 0 Å². The Bertz CT molecular complexity index is 788. The second kappa shape index (κ2) is 9.99. The van der Waals surface area contributed by atoms with Gasteiger partial charge in [0.1, 0.15) is 6.61 Å². The lowest BCUT2D eigenvalue weighted by molar-refractivity contribution is -0.115. The van der Waals surface area contributed by atoms with Gasteiger partial charge in [0.25, 0.3) is 0 Å². The summed E-state index contributed by atoms with van der Waals surface area (Å²) in [5.74, 6) is 1.17. The van der Waals surface area contributed by atoms with E-state index >= 15 is 0 Å². The molecule has 150 valence electrons. The van der Waals surface area contributed by atoms with Gasteiger partial charge in [-0.15, -0.1) is 0 Å². The van der Waals surface area contributed by atoms with Crippen LogP contribution < -0.4 is 25.4 Å². The lowest BCUT2D eigenvalue weighted by Crippen LogP contribution is -2.29. The summed E-state index contributed by atoms with van der Waals surface area (Å²) < 4.78 is 10.9. The second-order valence-electron chi connectivity index (χ2n) is 6.95. The Labute approximate surface area is 166 Å². The molecule has 6 nitrogen and oxygen atoms in total. The van der Waals surface area contributed by atoms with Crippen molar-refractivity contribution in [3.8, 4) is 11.5 Å². The fraction of sp³-hybridized carbons (Fsp3) is 0.409. The highest BCUT2D eigenvalue weighted by Crippen LogP contribution is 2.28. The molecule has 0 unspecified atom stereocenters. The minimum absolute atomic E-state index is 0.0616. The molecule has 28 heavy (non-hydrogen) atoms. The molecule has 1 aliphatic heterocycles. The van der Waals surface area contributed by atoms with Gasteiger partial charge in [-0.25, -0.2) is 0 Å². The van der Waals surface area contributed by atoms with Crippen LogP contribution in [0.3, 0.4) is 0 Å². The van der Waals surface area contributed by atoms with Crippen LogP contribution in [0, 0.1) is 0 Å². The fourth-order valence-corrected chi connectivity index (χ4v) is 3.43. The van der Waals surface area contributed by atoms with Crippen molar-refractivity contribution in [3.63, 3.8) is 0 Å². The van der Waals surface area contributed by atoms with Crippen LogP contribution in [-0.4, -0.2) is 39.3 Å². The van der Waals surface area contributed by atoms with Crippen LogP contribution in [0.25, 0.3) is 0 Å². The van der Waals surface area contributed by atoms with E-state index in [-0.39, 0.29) is 12.3 Å². The summed E-state index contributed by atoms with van der Waals surface area (Å²) in [7, 11) is 1.58. The fourth-order valence-electron chi connectivity index (χ4n) is 3.43. The number of carbonyl (C=O) groups excluding carboxylic acids is 1. The molecule has 0 spiro atoms. The lowest BCUT2D eigenvalue weighted by atomic mass is 10.1. The van der Waals surface area contributed by atoms with Gasteiger partial charge in [-0.1, -0.05) is 12.1 Å². The number of methoxy groups -OCH3 is 1. The van der Waals surface area contributed by atoms with Gasteiger partial charge < -0.3 is 25.4 Å². The number of benzene rings is 2. The number of anilines is 2. The summed E-state index contributed by atoms with van der Waals surface area (Å²) in [5, 5.41) is 3.00. The van der Waals surface area contributed by atoms with Gasteiger partial charge in [-0.3, -0.25) is 4.79 Å². The Morgan fingerprint density at radius 3 is 2.68 bits per heavy atom. The van der Waals surface area contributed by atoms with E-state index in [0.29, 0.717) is 24.7 Å². The molecule has 0 aromatic heterocycles. The normalized spacial score (nSPS) is 13.9. The number of nitrogens with two attached hydrogens (primary N) is 1. The third-order valence-corrected chi connectivity index (χ3v) is 4.82. The number of nitrogens with zero attached hydrogens (tertiary/aromatic N) is 1. The summed E-state index contributed by atoms with van der Waals surface area (Å²) in [6.45, 7) is 3.01. The van der Waals surface area contributed by atoms with E-state index in [4.69, 9.17) is 15.2 Å². The first-order chi connectivity index (χ1) is 13.7.